The molecule has 2 aromatic carbocycles. The van der Waals surface area contributed by atoms with Gasteiger partial charge in [-0.3, -0.25) is 9.59 Å². The van der Waals surface area contributed by atoms with Gasteiger partial charge in [-0.05, 0) is 24.3 Å². The van der Waals surface area contributed by atoms with Crippen molar-refractivity contribution in [3.8, 4) is 23.0 Å². The normalized spacial score (nSPS) is 10.8. The van der Waals surface area contributed by atoms with E-state index in [1.54, 1.807) is 32.0 Å². The maximum atomic E-state index is 11.4. The summed E-state index contributed by atoms with van der Waals surface area (Å²) in [5.74, 6) is -0.765. The molecule has 3 rings (SSSR count). The van der Waals surface area contributed by atoms with Crippen LogP contribution in [0.1, 0.15) is 27.7 Å². The van der Waals surface area contributed by atoms with Crippen molar-refractivity contribution in [2.45, 2.75) is 27.7 Å². The number of rotatable bonds is 4. The molecule has 2 amide bonds. The van der Waals surface area contributed by atoms with Gasteiger partial charge in [0.1, 0.15) is 11.5 Å². The van der Waals surface area contributed by atoms with Crippen molar-refractivity contribution in [3.05, 3.63) is 36.4 Å². The van der Waals surface area contributed by atoms with Crippen molar-refractivity contribution < 1.29 is 73.7 Å². The number of nitrogens with one attached hydrogen (secondary N) is 2. The number of hydrogen-bond acceptors (Lipinski definition) is 9. The van der Waals surface area contributed by atoms with Gasteiger partial charge in [0.25, 0.3) is 0 Å². The van der Waals surface area contributed by atoms with E-state index >= 15 is 0 Å². The fourth-order valence-corrected chi connectivity index (χ4v) is 2.18. The van der Waals surface area contributed by atoms with Crippen LogP contribution in [0.5, 0.6) is 23.0 Å². The van der Waals surface area contributed by atoms with Gasteiger partial charge in [-0.25, -0.2) is 0 Å². The Bertz CT molecular complexity index is 948. The first-order valence-corrected chi connectivity index (χ1v) is 9.83. The standard InChI is InChI=1S/C10H12BNO4.C10H13NO3.BH2O2.Na/c1-6(2)10(13)12-7-3-4-8-9(5-7)16-11(14)15-8;1-6(2)10(14)11-7-3-4-8(12)9(13)5-7;2-1-3;/h3-6,14H,1-2H3,(H,12,13);3-6,12-13H,1-2H3,(H,11,14);2-3H;/q;;;+1/p-2. The van der Waals surface area contributed by atoms with Crippen molar-refractivity contribution in [2.24, 2.45) is 11.8 Å². The van der Waals surface area contributed by atoms with Gasteiger partial charge in [0.05, 0.1) is 0 Å². The molecule has 1 aliphatic rings. The first-order chi connectivity index (χ1) is 15.5. The third-order valence-electron chi connectivity index (χ3n) is 3.93. The summed E-state index contributed by atoms with van der Waals surface area (Å²) in [5, 5.41) is 50.0. The third kappa shape index (κ3) is 10.7. The maximum absolute atomic E-state index is 11.4. The molecule has 11 nitrogen and oxygen atoms in total. The minimum Gasteiger partial charge on any atom is -0.873 e. The number of carbonyl (C=O) groups is 2. The van der Waals surface area contributed by atoms with Crippen molar-refractivity contribution in [1.82, 2.24) is 0 Å². The van der Waals surface area contributed by atoms with Gasteiger partial charge < -0.3 is 45.2 Å². The number of benzene rings is 2. The smallest absolute Gasteiger partial charge is 0.873 e. The van der Waals surface area contributed by atoms with Crippen LogP contribution in [-0.2, 0) is 9.59 Å². The molecule has 0 saturated carbocycles. The maximum Gasteiger partial charge on any atom is 1.00 e. The minimum absolute atomic E-state index is 0. The average molecular weight is 482 g/mol. The van der Waals surface area contributed by atoms with E-state index in [-0.39, 0.29) is 60.9 Å². The molecule has 1 radical (unpaired) electrons. The van der Waals surface area contributed by atoms with Crippen LogP contribution in [0.2, 0.25) is 0 Å². The van der Waals surface area contributed by atoms with E-state index in [0.29, 0.717) is 22.9 Å². The fourth-order valence-electron chi connectivity index (χ4n) is 2.18. The Kier molecular flexibility index (Phi) is 14.4. The van der Waals surface area contributed by atoms with E-state index in [4.69, 9.17) is 24.4 Å². The van der Waals surface area contributed by atoms with Crippen molar-refractivity contribution in [1.29, 1.82) is 0 Å². The molecule has 0 aromatic heterocycles. The Hall–Kier alpha value is -2.41. The summed E-state index contributed by atoms with van der Waals surface area (Å²) in [4.78, 5) is 22.7. The van der Waals surface area contributed by atoms with Crippen LogP contribution >= 0.6 is 0 Å². The zero-order valence-electron chi connectivity index (χ0n) is 19.6. The van der Waals surface area contributed by atoms with E-state index in [0.717, 1.165) is 12.1 Å². The Balaban J connectivity index is 0.000000564. The number of anilines is 2. The SMILES string of the molecule is CC(C)C(=O)Nc1ccc([O-])c([O-])c1.CC(C)C(=O)Nc1ccc2c(c1)OB(O)O2.O[B]O.[Na+]. The van der Waals surface area contributed by atoms with Crippen molar-refractivity contribution >= 4 is 38.2 Å². The second kappa shape index (κ2) is 15.5. The summed E-state index contributed by atoms with van der Waals surface area (Å²) in [6.07, 6.45) is 0. The topological polar surface area (TPSA) is 183 Å². The molecule has 0 atom stereocenters. The van der Waals surface area contributed by atoms with Crippen LogP contribution in [-0.4, -0.2) is 41.9 Å². The summed E-state index contributed by atoms with van der Waals surface area (Å²) in [7, 11) is -1.26. The van der Waals surface area contributed by atoms with Gasteiger partial charge in [-0.15, -0.1) is 11.5 Å². The molecule has 0 saturated heterocycles. The van der Waals surface area contributed by atoms with Gasteiger partial charge in [0.15, 0.2) is 0 Å². The predicted octanol–water partition coefficient (Wildman–Crippen LogP) is -3.03. The zero-order valence-corrected chi connectivity index (χ0v) is 21.6. The third-order valence-corrected chi connectivity index (χ3v) is 3.93. The van der Waals surface area contributed by atoms with E-state index in [2.05, 4.69) is 10.6 Å². The van der Waals surface area contributed by atoms with Gasteiger partial charge in [-0.1, -0.05) is 33.8 Å². The van der Waals surface area contributed by atoms with Gasteiger partial charge in [-0.2, -0.15) is 0 Å². The fraction of sp³-hybridized carbons (Fsp3) is 0.300. The molecule has 1 heterocycles. The summed E-state index contributed by atoms with van der Waals surface area (Å²) < 4.78 is 9.91. The number of hydrogen-bond donors (Lipinski definition) is 5. The van der Waals surface area contributed by atoms with Gasteiger partial charge in [0, 0.05) is 29.3 Å². The molecular formula is C20H25B2N2NaO9-. The van der Waals surface area contributed by atoms with E-state index in [9.17, 15) is 19.8 Å². The molecular weight excluding hydrogens is 457 g/mol. The van der Waals surface area contributed by atoms with Crippen LogP contribution in [0.15, 0.2) is 36.4 Å². The summed E-state index contributed by atoms with van der Waals surface area (Å²) in [6, 6.07) is 8.65. The Morgan fingerprint density at radius 1 is 0.853 bits per heavy atom. The molecule has 1 aliphatic heterocycles. The van der Waals surface area contributed by atoms with Crippen molar-refractivity contribution in [3.63, 3.8) is 0 Å². The molecule has 5 N–H and O–H groups in total. The number of amides is 2. The second-order valence-corrected chi connectivity index (χ2v) is 7.27. The Labute approximate surface area is 220 Å². The van der Waals surface area contributed by atoms with Gasteiger partial charge >= 0.3 is 44.6 Å². The number of fused-ring (bicyclic) bond motifs is 1. The van der Waals surface area contributed by atoms with Crippen LogP contribution in [0.4, 0.5) is 11.4 Å². The first-order valence-electron chi connectivity index (χ1n) is 9.83. The quantitative estimate of drug-likeness (QED) is 0.283. The van der Waals surface area contributed by atoms with E-state index in [1.165, 1.54) is 6.07 Å². The molecule has 177 valence electrons. The summed E-state index contributed by atoms with van der Waals surface area (Å²) in [6.45, 7) is 7.11. The largest absolute Gasteiger partial charge is 1.00 e. The van der Waals surface area contributed by atoms with Gasteiger partial charge in [0.2, 0.25) is 11.8 Å². The molecule has 34 heavy (non-hydrogen) atoms. The second-order valence-electron chi connectivity index (χ2n) is 7.27. The monoisotopic (exact) mass is 482 g/mol. The first kappa shape index (κ1) is 31.6. The molecule has 0 aliphatic carbocycles. The van der Waals surface area contributed by atoms with Crippen LogP contribution in [0.25, 0.3) is 0 Å². The van der Waals surface area contributed by atoms with Crippen LogP contribution < -0.4 is 59.7 Å². The predicted molar refractivity (Wildman–Crippen MR) is 118 cm³/mol. The molecule has 14 heteroatoms. The van der Waals surface area contributed by atoms with Crippen LogP contribution in [0, 0.1) is 11.8 Å². The molecule has 0 unspecified atom stereocenters. The zero-order chi connectivity index (χ0) is 25.1. The minimum atomic E-state index is -1.26. The van der Waals surface area contributed by atoms with E-state index in [1.807, 2.05) is 13.8 Å². The average Bonchev–Trinajstić information content (AvgIpc) is 3.11. The molecule has 2 aromatic rings. The van der Waals surface area contributed by atoms with Crippen molar-refractivity contribution in [2.75, 3.05) is 10.6 Å². The molecule has 0 bridgehead atoms. The van der Waals surface area contributed by atoms with Crippen LogP contribution in [0.3, 0.4) is 0 Å². The molecule has 0 spiro atoms. The Morgan fingerprint density at radius 2 is 1.29 bits per heavy atom. The summed E-state index contributed by atoms with van der Waals surface area (Å²) in [5.41, 5.74) is 0.989. The van der Waals surface area contributed by atoms with E-state index < -0.39 is 18.8 Å². The number of carbonyl (C=O) groups excluding carboxylic acids is 2. The Morgan fingerprint density at radius 3 is 1.76 bits per heavy atom. The summed E-state index contributed by atoms with van der Waals surface area (Å²) >= 11 is 0. The molecule has 0 fully saturated rings.